The van der Waals surface area contributed by atoms with E-state index in [1.54, 1.807) is 4.90 Å². The minimum Gasteiger partial charge on any atom is -0.478 e. The van der Waals surface area contributed by atoms with Crippen LogP contribution >= 0.6 is 0 Å². The predicted molar refractivity (Wildman–Crippen MR) is 80.3 cm³/mol. The molecule has 1 fully saturated rings. The number of anilines is 1. The number of carbonyl (C=O) groups excluding carboxylic acids is 1. The van der Waals surface area contributed by atoms with Crippen molar-refractivity contribution in [3.63, 3.8) is 0 Å². The molecule has 132 valence electrons. The molecule has 6 nitrogen and oxygen atoms in total. The number of alkyl halides is 3. The maximum absolute atomic E-state index is 13.2. The molecule has 0 aromatic heterocycles. The first kappa shape index (κ1) is 18.1. The summed E-state index contributed by atoms with van der Waals surface area (Å²) in [5.74, 6) is -1.69. The average molecular weight is 345 g/mol. The van der Waals surface area contributed by atoms with Crippen LogP contribution in [0.2, 0.25) is 0 Å². The van der Waals surface area contributed by atoms with Gasteiger partial charge in [-0.2, -0.15) is 13.2 Å². The highest BCUT2D eigenvalue weighted by molar-refractivity contribution is 5.94. The zero-order valence-corrected chi connectivity index (χ0v) is 13.0. The number of benzene rings is 1. The van der Waals surface area contributed by atoms with Gasteiger partial charge in [0.15, 0.2) is 0 Å². The summed E-state index contributed by atoms with van der Waals surface area (Å²) in [6.45, 7) is 2.32. The van der Waals surface area contributed by atoms with E-state index in [9.17, 15) is 22.8 Å². The fourth-order valence-corrected chi connectivity index (χ4v) is 2.87. The smallest absolute Gasteiger partial charge is 0.416 e. The lowest BCUT2D eigenvalue weighted by molar-refractivity contribution is -0.138. The minimum absolute atomic E-state index is 0.0188. The number of amides is 1. The van der Waals surface area contributed by atoms with Crippen LogP contribution in [-0.2, 0) is 17.5 Å². The Bertz CT molecular complexity index is 661. The molecule has 1 aromatic rings. The summed E-state index contributed by atoms with van der Waals surface area (Å²) in [6.07, 6.45) is -4.03. The Balaban J connectivity index is 2.25. The van der Waals surface area contributed by atoms with E-state index in [1.165, 1.54) is 6.92 Å². The number of nitrogens with two attached hydrogens (primary N) is 1. The van der Waals surface area contributed by atoms with Crippen molar-refractivity contribution in [2.24, 2.45) is 0 Å². The lowest BCUT2D eigenvalue weighted by Gasteiger charge is -2.21. The molecule has 0 saturated carbocycles. The standard InChI is InChI=1S/C15H18F3N3O3/c1-8(22)20-10-2-3-21(7-10)6-9-4-13(19)11(14(23)24)5-12(9)15(16,17)18/h4-5,10H,2-3,6-7,19H2,1H3,(H,20,22)(H,23,24)/t10-/m1/s1. The number of carboxylic acid groups (broad SMARTS) is 1. The van der Waals surface area contributed by atoms with Crippen LogP contribution in [0.3, 0.4) is 0 Å². The molecule has 0 radical (unpaired) electrons. The first-order valence-electron chi connectivity index (χ1n) is 7.30. The molecule has 1 amide bonds. The van der Waals surface area contributed by atoms with Crippen molar-refractivity contribution in [2.45, 2.75) is 32.1 Å². The van der Waals surface area contributed by atoms with Crippen LogP contribution in [0.4, 0.5) is 18.9 Å². The molecule has 2 rings (SSSR count). The van der Waals surface area contributed by atoms with Crippen LogP contribution in [0.25, 0.3) is 0 Å². The highest BCUT2D eigenvalue weighted by Crippen LogP contribution is 2.35. The third-order valence-corrected chi connectivity index (χ3v) is 3.88. The Morgan fingerprint density at radius 1 is 1.42 bits per heavy atom. The number of likely N-dealkylation sites (tertiary alicyclic amines) is 1. The first-order chi connectivity index (χ1) is 11.1. The van der Waals surface area contributed by atoms with Gasteiger partial charge in [-0.3, -0.25) is 9.69 Å². The molecule has 1 aliphatic heterocycles. The summed E-state index contributed by atoms with van der Waals surface area (Å²) >= 11 is 0. The molecule has 1 heterocycles. The Morgan fingerprint density at radius 3 is 2.62 bits per heavy atom. The number of aromatic carboxylic acids is 1. The number of carbonyl (C=O) groups is 2. The fourth-order valence-electron chi connectivity index (χ4n) is 2.87. The number of nitrogen functional groups attached to an aromatic ring is 1. The van der Waals surface area contributed by atoms with Gasteiger partial charge in [0.2, 0.25) is 5.91 Å². The number of rotatable bonds is 4. The van der Waals surface area contributed by atoms with Crippen LogP contribution in [0.5, 0.6) is 0 Å². The Morgan fingerprint density at radius 2 is 2.08 bits per heavy atom. The SMILES string of the molecule is CC(=O)N[C@@H]1CCN(Cc2cc(N)c(C(=O)O)cc2C(F)(F)F)C1. The third kappa shape index (κ3) is 4.16. The molecular formula is C15H18F3N3O3. The average Bonchev–Trinajstić information content (AvgIpc) is 2.83. The largest absolute Gasteiger partial charge is 0.478 e. The van der Waals surface area contributed by atoms with Gasteiger partial charge in [-0.1, -0.05) is 0 Å². The molecule has 1 saturated heterocycles. The molecule has 1 atom stereocenters. The van der Waals surface area contributed by atoms with Crippen LogP contribution in [0, 0.1) is 0 Å². The van der Waals surface area contributed by atoms with Crippen molar-refractivity contribution < 1.29 is 27.9 Å². The number of hydrogen-bond acceptors (Lipinski definition) is 4. The van der Waals surface area contributed by atoms with Crippen molar-refractivity contribution in [1.29, 1.82) is 0 Å². The van der Waals surface area contributed by atoms with Gasteiger partial charge in [-0.25, -0.2) is 4.79 Å². The van der Waals surface area contributed by atoms with E-state index in [1.807, 2.05) is 0 Å². The Labute approximate surface area is 136 Å². The number of nitrogens with zero attached hydrogens (tertiary/aromatic N) is 1. The second-order valence-electron chi connectivity index (χ2n) is 5.82. The van der Waals surface area contributed by atoms with Crippen molar-refractivity contribution in [3.05, 3.63) is 28.8 Å². The quantitative estimate of drug-likeness (QED) is 0.722. The second-order valence-corrected chi connectivity index (χ2v) is 5.82. The summed E-state index contributed by atoms with van der Waals surface area (Å²) in [5, 5.41) is 11.7. The summed E-state index contributed by atoms with van der Waals surface area (Å²) in [7, 11) is 0. The molecule has 0 unspecified atom stereocenters. The zero-order chi connectivity index (χ0) is 18.1. The molecule has 4 N–H and O–H groups in total. The van der Waals surface area contributed by atoms with E-state index < -0.39 is 23.3 Å². The minimum atomic E-state index is -4.68. The number of carboxylic acids is 1. The Kier molecular flexibility index (Phi) is 5.02. The van der Waals surface area contributed by atoms with Crippen LogP contribution in [0.1, 0.15) is 34.8 Å². The van der Waals surface area contributed by atoms with E-state index in [-0.39, 0.29) is 29.7 Å². The van der Waals surface area contributed by atoms with Gasteiger partial charge in [0.25, 0.3) is 0 Å². The van der Waals surface area contributed by atoms with Gasteiger partial charge in [0, 0.05) is 38.3 Å². The van der Waals surface area contributed by atoms with Crippen molar-refractivity contribution in [2.75, 3.05) is 18.8 Å². The Hall–Kier alpha value is -2.29. The van der Waals surface area contributed by atoms with Gasteiger partial charge >= 0.3 is 12.1 Å². The summed E-state index contributed by atoms with van der Waals surface area (Å²) < 4.78 is 39.7. The first-order valence-corrected chi connectivity index (χ1v) is 7.30. The fraction of sp³-hybridized carbons (Fsp3) is 0.467. The molecule has 0 aliphatic carbocycles. The summed E-state index contributed by atoms with van der Waals surface area (Å²) in [6, 6.07) is 1.54. The summed E-state index contributed by atoms with van der Waals surface area (Å²) in [4.78, 5) is 23.8. The number of halogens is 3. The van der Waals surface area contributed by atoms with E-state index >= 15 is 0 Å². The van der Waals surface area contributed by atoms with Crippen molar-refractivity contribution in [3.8, 4) is 0 Å². The van der Waals surface area contributed by atoms with E-state index in [0.717, 1.165) is 6.07 Å². The molecule has 1 aromatic carbocycles. The number of hydrogen-bond donors (Lipinski definition) is 3. The van der Waals surface area contributed by atoms with Gasteiger partial charge in [0.1, 0.15) is 0 Å². The second kappa shape index (κ2) is 6.68. The van der Waals surface area contributed by atoms with Gasteiger partial charge in [-0.15, -0.1) is 0 Å². The molecule has 0 spiro atoms. The molecule has 24 heavy (non-hydrogen) atoms. The van der Waals surface area contributed by atoms with Crippen LogP contribution < -0.4 is 11.1 Å². The van der Waals surface area contributed by atoms with Gasteiger partial charge in [0.05, 0.1) is 11.1 Å². The van der Waals surface area contributed by atoms with E-state index in [4.69, 9.17) is 10.8 Å². The van der Waals surface area contributed by atoms with Crippen LogP contribution in [0.15, 0.2) is 12.1 Å². The van der Waals surface area contributed by atoms with E-state index in [2.05, 4.69) is 5.32 Å². The van der Waals surface area contributed by atoms with Gasteiger partial charge in [-0.05, 0) is 24.1 Å². The normalized spacial score (nSPS) is 18.6. The predicted octanol–water partition coefficient (Wildman–Crippen LogP) is 1.70. The van der Waals surface area contributed by atoms with Crippen molar-refractivity contribution >= 4 is 17.6 Å². The molecule has 1 aliphatic rings. The lowest BCUT2D eigenvalue weighted by atomic mass is 10.0. The summed E-state index contributed by atoms with van der Waals surface area (Å²) in [5.41, 5.74) is 3.73. The number of nitrogens with one attached hydrogen (secondary N) is 1. The topological polar surface area (TPSA) is 95.7 Å². The highest BCUT2D eigenvalue weighted by atomic mass is 19.4. The van der Waals surface area contributed by atoms with Crippen LogP contribution in [-0.4, -0.2) is 41.0 Å². The van der Waals surface area contributed by atoms with Gasteiger partial charge < -0.3 is 16.2 Å². The molecular weight excluding hydrogens is 327 g/mol. The molecule has 9 heteroatoms. The highest BCUT2D eigenvalue weighted by Gasteiger charge is 2.36. The maximum atomic E-state index is 13.2. The van der Waals surface area contributed by atoms with E-state index in [0.29, 0.717) is 25.6 Å². The third-order valence-electron chi connectivity index (χ3n) is 3.88. The lowest BCUT2D eigenvalue weighted by Crippen LogP contribution is -2.35. The van der Waals surface area contributed by atoms with Crippen molar-refractivity contribution in [1.82, 2.24) is 10.2 Å². The monoisotopic (exact) mass is 345 g/mol. The molecule has 0 bridgehead atoms. The zero-order valence-electron chi connectivity index (χ0n) is 13.0. The maximum Gasteiger partial charge on any atom is 0.416 e.